The lowest BCUT2D eigenvalue weighted by molar-refractivity contribution is 0.143. The molecule has 1 aliphatic carbocycles. The molecule has 0 aliphatic heterocycles. The SMILES string of the molecule is Cn1ccnc1NC1(CO)CCC1. The Morgan fingerprint density at radius 3 is 2.85 bits per heavy atom. The lowest BCUT2D eigenvalue weighted by Gasteiger charge is -2.41. The van der Waals surface area contributed by atoms with Crippen molar-refractivity contribution in [1.29, 1.82) is 0 Å². The van der Waals surface area contributed by atoms with Crippen LogP contribution < -0.4 is 5.32 Å². The first-order valence-corrected chi connectivity index (χ1v) is 4.62. The van der Waals surface area contributed by atoms with E-state index in [1.54, 1.807) is 6.20 Å². The molecule has 2 rings (SSSR count). The summed E-state index contributed by atoms with van der Waals surface area (Å²) in [4.78, 5) is 4.17. The molecule has 0 unspecified atom stereocenters. The van der Waals surface area contributed by atoms with Crippen LogP contribution in [0.4, 0.5) is 5.95 Å². The maximum atomic E-state index is 9.23. The van der Waals surface area contributed by atoms with Crippen LogP contribution >= 0.6 is 0 Å². The van der Waals surface area contributed by atoms with Gasteiger partial charge >= 0.3 is 0 Å². The number of imidazole rings is 1. The van der Waals surface area contributed by atoms with E-state index in [9.17, 15) is 5.11 Å². The van der Waals surface area contributed by atoms with E-state index in [4.69, 9.17) is 0 Å². The van der Waals surface area contributed by atoms with Crippen molar-refractivity contribution in [1.82, 2.24) is 9.55 Å². The van der Waals surface area contributed by atoms with Crippen LogP contribution in [0.25, 0.3) is 0 Å². The summed E-state index contributed by atoms with van der Waals surface area (Å²) in [5.74, 6) is 0.841. The zero-order chi connectivity index (χ0) is 9.31. The Hall–Kier alpha value is -1.03. The molecule has 1 saturated carbocycles. The third-order valence-corrected chi connectivity index (χ3v) is 2.81. The average Bonchev–Trinajstić information content (AvgIpc) is 2.44. The number of hydrogen-bond acceptors (Lipinski definition) is 3. The van der Waals surface area contributed by atoms with Crippen molar-refractivity contribution in [2.75, 3.05) is 11.9 Å². The predicted molar refractivity (Wildman–Crippen MR) is 50.5 cm³/mol. The van der Waals surface area contributed by atoms with Crippen molar-refractivity contribution in [3.63, 3.8) is 0 Å². The smallest absolute Gasteiger partial charge is 0.203 e. The van der Waals surface area contributed by atoms with Gasteiger partial charge in [0, 0.05) is 19.4 Å². The topological polar surface area (TPSA) is 50.1 Å². The second-order valence-electron chi connectivity index (χ2n) is 3.78. The van der Waals surface area contributed by atoms with Gasteiger partial charge in [0.25, 0.3) is 0 Å². The number of aryl methyl sites for hydroxylation is 1. The number of anilines is 1. The highest BCUT2D eigenvalue weighted by Gasteiger charge is 2.36. The third-order valence-electron chi connectivity index (χ3n) is 2.81. The molecule has 0 bridgehead atoms. The Bertz CT molecular complexity index is 285. The van der Waals surface area contributed by atoms with Gasteiger partial charge in [0.2, 0.25) is 5.95 Å². The molecular weight excluding hydrogens is 166 g/mol. The summed E-state index contributed by atoms with van der Waals surface area (Å²) in [5, 5.41) is 12.5. The molecular formula is C9H15N3O. The molecule has 0 saturated heterocycles. The van der Waals surface area contributed by atoms with Crippen LogP contribution in [-0.2, 0) is 7.05 Å². The molecule has 0 radical (unpaired) electrons. The van der Waals surface area contributed by atoms with Crippen LogP contribution in [0, 0.1) is 0 Å². The van der Waals surface area contributed by atoms with Crippen LogP contribution in [0.3, 0.4) is 0 Å². The first-order chi connectivity index (χ1) is 6.26. The third kappa shape index (κ3) is 1.42. The lowest BCUT2D eigenvalue weighted by atomic mass is 9.77. The van der Waals surface area contributed by atoms with E-state index in [2.05, 4.69) is 10.3 Å². The molecule has 0 aromatic carbocycles. The van der Waals surface area contributed by atoms with Crippen molar-refractivity contribution in [3.8, 4) is 0 Å². The minimum absolute atomic E-state index is 0.0981. The molecule has 13 heavy (non-hydrogen) atoms. The fourth-order valence-corrected chi connectivity index (χ4v) is 1.65. The number of hydrogen-bond donors (Lipinski definition) is 2. The quantitative estimate of drug-likeness (QED) is 0.723. The molecule has 2 N–H and O–H groups in total. The Labute approximate surface area is 77.6 Å². The zero-order valence-corrected chi connectivity index (χ0v) is 7.82. The fraction of sp³-hybridized carbons (Fsp3) is 0.667. The summed E-state index contributed by atoms with van der Waals surface area (Å²) in [6.45, 7) is 0.194. The summed E-state index contributed by atoms with van der Waals surface area (Å²) in [7, 11) is 1.94. The molecule has 1 aromatic heterocycles. The molecule has 0 spiro atoms. The van der Waals surface area contributed by atoms with Crippen molar-refractivity contribution in [2.24, 2.45) is 7.05 Å². The van der Waals surface area contributed by atoms with E-state index in [0.29, 0.717) is 0 Å². The van der Waals surface area contributed by atoms with Crippen LogP contribution in [0.5, 0.6) is 0 Å². The van der Waals surface area contributed by atoms with Gasteiger partial charge in [0.15, 0.2) is 0 Å². The van der Waals surface area contributed by atoms with Gasteiger partial charge in [-0.1, -0.05) is 0 Å². The van der Waals surface area contributed by atoms with Gasteiger partial charge in [-0.05, 0) is 19.3 Å². The Morgan fingerprint density at radius 2 is 2.46 bits per heavy atom. The molecule has 1 aliphatic rings. The number of rotatable bonds is 3. The highest BCUT2D eigenvalue weighted by atomic mass is 16.3. The first kappa shape index (κ1) is 8.56. The standard InChI is InChI=1S/C9H15N3O/c1-12-6-5-10-8(12)11-9(7-13)3-2-4-9/h5-6,13H,2-4,7H2,1H3,(H,10,11). The van der Waals surface area contributed by atoms with Gasteiger partial charge in [-0.25, -0.2) is 4.98 Å². The van der Waals surface area contributed by atoms with Crippen LogP contribution in [0.2, 0.25) is 0 Å². The van der Waals surface area contributed by atoms with Crippen LogP contribution in [-0.4, -0.2) is 26.8 Å². The fourth-order valence-electron chi connectivity index (χ4n) is 1.65. The molecule has 72 valence electrons. The zero-order valence-electron chi connectivity index (χ0n) is 7.82. The van der Waals surface area contributed by atoms with E-state index in [1.165, 1.54) is 6.42 Å². The van der Waals surface area contributed by atoms with E-state index < -0.39 is 0 Å². The van der Waals surface area contributed by atoms with Gasteiger partial charge in [-0.3, -0.25) is 0 Å². The van der Waals surface area contributed by atoms with Gasteiger partial charge < -0.3 is 15.0 Å². The number of aliphatic hydroxyl groups excluding tert-OH is 1. The highest BCUT2D eigenvalue weighted by Crippen LogP contribution is 2.34. The normalized spacial score (nSPS) is 19.5. The van der Waals surface area contributed by atoms with Gasteiger partial charge in [0.05, 0.1) is 12.1 Å². The minimum Gasteiger partial charge on any atom is -0.394 e. The summed E-state index contributed by atoms with van der Waals surface area (Å²) >= 11 is 0. The molecule has 4 heteroatoms. The van der Waals surface area contributed by atoms with E-state index in [0.717, 1.165) is 18.8 Å². The molecule has 1 heterocycles. The van der Waals surface area contributed by atoms with E-state index in [-0.39, 0.29) is 12.1 Å². The molecule has 1 fully saturated rings. The average molecular weight is 181 g/mol. The second kappa shape index (κ2) is 3.03. The molecule has 4 nitrogen and oxygen atoms in total. The second-order valence-corrected chi connectivity index (χ2v) is 3.78. The highest BCUT2D eigenvalue weighted by molar-refractivity contribution is 5.32. The van der Waals surface area contributed by atoms with Crippen molar-refractivity contribution >= 4 is 5.95 Å². The van der Waals surface area contributed by atoms with Gasteiger partial charge in [0.1, 0.15) is 0 Å². The summed E-state index contributed by atoms with van der Waals surface area (Å²) in [5.41, 5.74) is -0.0981. The van der Waals surface area contributed by atoms with Crippen LogP contribution in [0.15, 0.2) is 12.4 Å². The first-order valence-electron chi connectivity index (χ1n) is 4.62. The lowest BCUT2D eigenvalue weighted by Crippen LogP contribution is -2.48. The van der Waals surface area contributed by atoms with Crippen LogP contribution in [0.1, 0.15) is 19.3 Å². The minimum atomic E-state index is -0.0981. The van der Waals surface area contributed by atoms with Gasteiger partial charge in [-0.2, -0.15) is 0 Å². The maximum absolute atomic E-state index is 9.23. The van der Waals surface area contributed by atoms with Crippen molar-refractivity contribution < 1.29 is 5.11 Å². The largest absolute Gasteiger partial charge is 0.394 e. The molecule has 1 aromatic rings. The van der Waals surface area contributed by atoms with Crippen molar-refractivity contribution in [2.45, 2.75) is 24.8 Å². The number of aromatic nitrogens is 2. The van der Waals surface area contributed by atoms with Gasteiger partial charge in [-0.15, -0.1) is 0 Å². The van der Waals surface area contributed by atoms with E-state index >= 15 is 0 Å². The Morgan fingerprint density at radius 1 is 1.69 bits per heavy atom. The number of nitrogens with zero attached hydrogens (tertiary/aromatic N) is 2. The Balaban J connectivity index is 2.08. The maximum Gasteiger partial charge on any atom is 0.203 e. The van der Waals surface area contributed by atoms with E-state index in [1.807, 2.05) is 17.8 Å². The Kier molecular flexibility index (Phi) is 2.00. The molecule has 0 atom stereocenters. The summed E-state index contributed by atoms with van der Waals surface area (Å²) < 4.78 is 1.93. The summed E-state index contributed by atoms with van der Waals surface area (Å²) in [6.07, 6.45) is 6.92. The number of aliphatic hydroxyl groups is 1. The monoisotopic (exact) mass is 181 g/mol. The predicted octanol–water partition coefficient (Wildman–Crippen LogP) is 0.747. The molecule has 0 amide bonds. The van der Waals surface area contributed by atoms with Crippen molar-refractivity contribution in [3.05, 3.63) is 12.4 Å². The number of nitrogens with one attached hydrogen (secondary N) is 1. The summed E-state index contributed by atoms with van der Waals surface area (Å²) in [6, 6.07) is 0.